The SMILES string of the molecule is CC1CCN(CCc2noc(CCC(=O)O)n2)CC1. The van der Waals surface area contributed by atoms with Crippen molar-refractivity contribution in [2.24, 2.45) is 5.92 Å². The number of piperidine rings is 1. The molecule has 2 rings (SSSR count). The molecule has 1 saturated heterocycles. The standard InChI is InChI=1S/C13H21N3O3/c1-10-4-7-16(8-5-10)9-6-11-14-12(19-15-11)2-3-13(17)18/h10H,2-9H2,1H3,(H,17,18). The summed E-state index contributed by atoms with van der Waals surface area (Å²) in [6, 6.07) is 0. The maximum Gasteiger partial charge on any atom is 0.303 e. The lowest BCUT2D eigenvalue weighted by Gasteiger charge is -2.29. The molecule has 1 aromatic heterocycles. The predicted molar refractivity (Wildman–Crippen MR) is 68.8 cm³/mol. The number of hydrogen-bond donors (Lipinski definition) is 1. The Bertz CT molecular complexity index is 411. The van der Waals surface area contributed by atoms with Crippen LogP contribution in [0.5, 0.6) is 0 Å². The number of hydrogen-bond acceptors (Lipinski definition) is 5. The summed E-state index contributed by atoms with van der Waals surface area (Å²) in [5.41, 5.74) is 0. The molecule has 0 spiro atoms. The van der Waals surface area contributed by atoms with E-state index in [0.717, 1.165) is 32.0 Å². The second-order valence-corrected chi connectivity index (χ2v) is 5.27. The van der Waals surface area contributed by atoms with E-state index in [1.54, 1.807) is 0 Å². The number of carbonyl (C=O) groups is 1. The number of nitrogens with zero attached hydrogens (tertiary/aromatic N) is 3. The molecule has 0 aromatic carbocycles. The Kier molecular flexibility index (Phi) is 4.90. The van der Waals surface area contributed by atoms with Crippen molar-refractivity contribution in [3.8, 4) is 0 Å². The van der Waals surface area contributed by atoms with Crippen LogP contribution in [0.4, 0.5) is 0 Å². The van der Waals surface area contributed by atoms with Crippen LogP contribution in [-0.2, 0) is 17.6 Å². The van der Waals surface area contributed by atoms with Gasteiger partial charge in [-0.25, -0.2) is 0 Å². The predicted octanol–water partition coefficient (Wildman–Crippen LogP) is 1.36. The number of likely N-dealkylation sites (tertiary alicyclic amines) is 1. The highest BCUT2D eigenvalue weighted by Gasteiger charge is 2.16. The minimum atomic E-state index is -0.845. The van der Waals surface area contributed by atoms with Gasteiger partial charge in [0.25, 0.3) is 0 Å². The molecule has 0 unspecified atom stereocenters. The molecule has 1 N–H and O–H groups in total. The lowest BCUT2D eigenvalue weighted by Crippen LogP contribution is -2.34. The van der Waals surface area contributed by atoms with E-state index in [1.165, 1.54) is 12.8 Å². The Morgan fingerprint density at radius 2 is 2.16 bits per heavy atom. The molecule has 0 aliphatic carbocycles. The average molecular weight is 267 g/mol. The number of aliphatic carboxylic acids is 1. The second-order valence-electron chi connectivity index (χ2n) is 5.27. The van der Waals surface area contributed by atoms with Crippen LogP contribution in [-0.4, -0.2) is 45.8 Å². The van der Waals surface area contributed by atoms with Crippen LogP contribution in [0.15, 0.2) is 4.52 Å². The van der Waals surface area contributed by atoms with Crippen LogP contribution < -0.4 is 0 Å². The van der Waals surface area contributed by atoms with Crippen molar-refractivity contribution in [3.05, 3.63) is 11.7 Å². The van der Waals surface area contributed by atoms with Gasteiger partial charge in [0.1, 0.15) is 0 Å². The molecule has 0 atom stereocenters. The van der Waals surface area contributed by atoms with Gasteiger partial charge in [-0.05, 0) is 31.8 Å². The zero-order chi connectivity index (χ0) is 13.7. The molecule has 0 bridgehead atoms. The van der Waals surface area contributed by atoms with Gasteiger partial charge in [0.2, 0.25) is 5.89 Å². The van der Waals surface area contributed by atoms with Crippen LogP contribution in [0.3, 0.4) is 0 Å². The largest absolute Gasteiger partial charge is 0.481 e. The van der Waals surface area contributed by atoms with Crippen molar-refractivity contribution in [1.29, 1.82) is 0 Å². The van der Waals surface area contributed by atoms with Crippen molar-refractivity contribution >= 4 is 5.97 Å². The van der Waals surface area contributed by atoms with Crippen LogP contribution in [0, 0.1) is 5.92 Å². The monoisotopic (exact) mass is 267 g/mol. The zero-order valence-corrected chi connectivity index (χ0v) is 11.3. The van der Waals surface area contributed by atoms with E-state index in [-0.39, 0.29) is 6.42 Å². The van der Waals surface area contributed by atoms with Crippen LogP contribution in [0.25, 0.3) is 0 Å². The van der Waals surface area contributed by atoms with Gasteiger partial charge in [0.05, 0.1) is 6.42 Å². The number of aromatic nitrogens is 2. The Hall–Kier alpha value is -1.43. The minimum Gasteiger partial charge on any atom is -0.481 e. The molecule has 19 heavy (non-hydrogen) atoms. The molecule has 0 radical (unpaired) electrons. The summed E-state index contributed by atoms with van der Waals surface area (Å²) in [6.45, 7) is 5.53. The van der Waals surface area contributed by atoms with E-state index < -0.39 is 5.97 Å². The van der Waals surface area contributed by atoms with Crippen molar-refractivity contribution < 1.29 is 14.4 Å². The van der Waals surface area contributed by atoms with E-state index in [4.69, 9.17) is 9.63 Å². The Labute approximate surface area is 112 Å². The summed E-state index contributed by atoms with van der Waals surface area (Å²) < 4.78 is 5.03. The topological polar surface area (TPSA) is 79.5 Å². The first-order chi connectivity index (χ1) is 9.13. The average Bonchev–Trinajstić information content (AvgIpc) is 2.84. The molecule has 1 fully saturated rings. The highest BCUT2D eigenvalue weighted by atomic mass is 16.5. The van der Waals surface area contributed by atoms with Gasteiger partial charge in [0, 0.05) is 19.4 Å². The van der Waals surface area contributed by atoms with E-state index in [0.29, 0.717) is 18.1 Å². The summed E-state index contributed by atoms with van der Waals surface area (Å²) >= 11 is 0. The molecular weight excluding hydrogens is 246 g/mol. The van der Waals surface area contributed by atoms with Crippen LogP contribution in [0.1, 0.15) is 37.9 Å². The quantitative estimate of drug-likeness (QED) is 0.838. The van der Waals surface area contributed by atoms with Crippen molar-refractivity contribution in [2.75, 3.05) is 19.6 Å². The number of rotatable bonds is 6. The molecule has 6 nitrogen and oxygen atoms in total. The first-order valence-electron chi connectivity index (χ1n) is 6.89. The fourth-order valence-electron chi connectivity index (χ4n) is 2.25. The summed E-state index contributed by atoms with van der Waals surface area (Å²) in [4.78, 5) is 17.1. The van der Waals surface area contributed by atoms with E-state index in [2.05, 4.69) is 22.0 Å². The van der Waals surface area contributed by atoms with Gasteiger partial charge >= 0.3 is 5.97 Å². The van der Waals surface area contributed by atoms with E-state index >= 15 is 0 Å². The first-order valence-corrected chi connectivity index (χ1v) is 6.89. The fraction of sp³-hybridized carbons (Fsp3) is 0.769. The Balaban J connectivity index is 1.72. The number of carboxylic acid groups (broad SMARTS) is 1. The highest BCUT2D eigenvalue weighted by Crippen LogP contribution is 2.16. The Morgan fingerprint density at radius 1 is 1.42 bits per heavy atom. The van der Waals surface area contributed by atoms with Gasteiger partial charge in [-0.3, -0.25) is 4.79 Å². The van der Waals surface area contributed by atoms with Gasteiger partial charge < -0.3 is 14.5 Å². The molecule has 0 amide bonds. The maximum absolute atomic E-state index is 10.4. The summed E-state index contributed by atoms with van der Waals surface area (Å²) in [7, 11) is 0. The van der Waals surface area contributed by atoms with Gasteiger partial charge in [0.15, 0.2) is 5.82 Å². The lowest BCUT2D eigenvalue weighted by molar-refractivity contribution is -0.137. The van der Waals surface area contributed by atoms with Crippen molar-refractivity contribution in [1.82, 2.24) is 15.0 Å². The van der Waals surface area contributed by atoms with Gasteiger partial charge in [-0.1, -0.05) is 12.1 Å². The first kappa shape index (κ1) is 14.0. The maximum atomic E-state index is 10.4. The highest BCUT2D eigenvalue weighted by molar-refractivity contribution is 5.66. The molecule has 1 aliphatic heterocycles. The van der Waals surface area contributed by atoms with Crippen molar-refractivity contribution in [2.45, 2.75) is 39.0 Å². The molecule has 6 heteroatoms. The summed E-state index contributed by atoms with van der Waals surface area (Å²) in [5.74, 6) is 1.09. The third-order valence-electron chi connectivity index (χ3n) is 3.59. The molecule has 1 aliphatic rings. The fourth-order valence-corrected chi connectivity index (χ4v) is 2.25. The molecular formula is C13H21N3O3. The third kappa shape index (κ3) is 4.63. The minimum absolute atomic E-state index is 0.0334. The molecule has 1 aromatic rings. The van der Waals surface area contributed by atoms with E-state index in [1.807, 2.05) is 0 Å². The Morgan fingerprint density at radius 3 is 2.84 bits per heavy atom. The second kappa shape index (κ2) is 6.65. The lowest BCUT2D eigenvalue weighted by atomic mass is 9.99. The van der Waals surface area contributed by atoms with Crippen LogP contribution >= 0.6 is 0 Å². The zero-order valence-electron chi connectivity index (χ0n) is 11.3. The third-order valence-corrected chi connectivity index (χ3v) is 3.59. The van der Waals surface area contributed by atoms with Crippen molar-refractivity contribution in [3.63, 3.8) is 0 Å². The van der Waals surface area contributed by atoms with Gasteiger partial charge in [-0.2, -0.15) is 4.98 Å². The number of aryl methyl sites for hydroxylation is 1. The molecule has 0 saturated carbocycles. The van der Waals surface area contributed by atoms with Crippen LogP contribution in [0.2, 0.25) is 0 Å². The normalized spacial score (nSPS) is 17.7. The molecule has 106 valence electrons. The number of carboxylic acids is 1. The van der Waals surface area contributed by atoms with E-state index in [9.17, 15) is 4.79 Å². The summed E-state index contributed by atoms with van der Waals surface area (Å²) in [5, 5.41) is 12.5. The molecule has 2 heterocycles. The van der Waals surface area contributed by atoms with Gasteiger partial charge in [-0.15, -0.1) is 0 Å². The smallest absolute Gasteiger partial charge is 0.303 e. The summed E-state index contributed by atoms with van der Waals surface area (Å²) in [6.07, 6.45) is 3.63.